The number of anilines is 3. The Labute approximate surface area is 171 Å². The molecule has 2 aromatic carbocycles. The zero-order valence-electron chi connectivity index (χ0n) is 16.7. The molecule has 148 valence electrons. The number of hydrogen-bond acceptors (Lipinski definition) is 4. The highest BCUT2D eigenvalue weighted by atomic mass is 16.1. The molecular formula is C24H26N4O. The molecule has 1 aromatic heterocycles. The first-order chi connectivity index (χ1) is 14.2. The van der Waals surface area contributed by atoms with Crippen LogP contribution in [0.25, 0.3) is 0 Å². The molecule has 0 spiro atoms. The molecule has 29 heavy (non-hydrogen) atoms. The molecule has 1 saturated heterocycles. The van der Waals surface area contributed by atoms with Gasteiger partial charge in [-0.15, -0.1) is 0 Å². The molecule has 0 atom stereocenters. The van der Waals surface area contributed by atoms with Crippen molar-refractivity contribution in [2.75, 3.05) is 28.6 Å². The minimum atomic E-state index is -0.139. The van der Waals surface area contributed by atoms with E-state index >= 15 is 0 Å². The van der Waals surface area contributed by atoms with Crippen molar-refractivity contribution in [2.24, 2.45) is 0 Å². The van der Waals surface area contributed by atoms with Crippen LogP contribution in [0, 0.1) is 6.92 Å². The third-order valence-corrected chi connectivity index (χ3v) is 5.34. The van der Waals surface area contributed by atoms with E-state index in [4.69, 9.17) is 0 Å². The highest BCUT2D eigenvalue weighted by Gasteiger charge is 2.12. The minimum Gasteiger partial charge on any atom is -0.372 e. The lowest BCUT2D eigenvalue weighted by Gasteiger charge is -2.17. The first-order valence-corrected chi connectivity index (χ1v) is 10.1. The number of hydrogen-bond donors (Lipinski definition) is 2. The second-order valence-corrected chi connectivity index (χ2v) is 7.40. The van der Waals surface area contributed by atoms with Crippen LogP contribution in [0.3, 0.4) is 0 Å². The van der Waals surface area contributed by atoms with Crippen LogP contribution in [-0.2, 0) is 6.54 Å². The van der Waals surface area contributed by atoms with E-state index in [1.807, 2.05) is 24.3 Å². The molecule has 1 aliphatic rings. The smallest absolute Gasteiger partial charge is 0.255 e. The molecule has 0 bridgehead atoms. The number of rotatable bonds is 6. The van der Waals surface area contributed by atoms with Gasteiger partial charge >= 0.3 is 0 Å². The number of nitrogens with one attached hydrogen (secondary N) is 2. The van der Waals surface area contributed by atoms with Crippen LogP contribution in [0.15, 0.2) is 66.9 Å². The van der Waals surface area contributed by atoms with Gasteiger partial charge in [-0.2, -0.15) is 0 Å². The van der Waals surface area contributed by atoms with Crippen molar-refractivity contribution in [3.05, 3.63) is 83.6 Å². The predicted molar refractivity (Wildman–Crippen MR) is 119 cm³/mol. The Bertz CT molecular complexity index is 978. The molecule has 2 heterocycles. The minimum absolute atomic E-state index is 0.139. The Balaban J connectivity index is 1.38. The van der Waals surface area contributed by atoms with E-state index in [0.29, 0.717) is 17.9 Å². The number of amides is 1. The van der Waals surface area contributed by atoms with Crippen LogP contribution >= 0.6 is 0 Å². The zero-order valence-corrected chi connectivity index (χ0v) is 16.7. The van der Waals surface area contributed by atoms with Crippen LogP contribution in [0.2, 0.25) is 0 Å². The summed E-state index contributed by atoms with van der Waals surface area (Å²) in [5.74, 6) is 0.547. The quantitative estimate of drug-likeness (QED) is 0.636. The van der Waals surface area contributed by atoms with Gasteiger partial charge in [-0.25, -0.2) is 4.98 Å². The van der Waals surface area contributed by atoms with Crippen molar-refractivity contribution in [1.82, 2.24) is 4.98 Å². The lowest BCUT2D eigenvalue weighted by atomic mass is 10.1. The maximum absolute atomic E-state index is 12.7. The summed E-state index contributed by atoms with van der Waals surface area (Å²) in [6.07, 6.45) is 4.16. The molecule has 5 nitrogen and oxygen atoms in total. The Hall–Kier alpha value is -3.34. The summed E-state index contributed by atoms with van der Waals surface area (Å²) in [6.45, 7) is 4.98. The van der Waals surface area contributed by atoms with Crippen molar-refractivity contribution in [3.63, 3.8) is 0 Å². The van der Waals surface area contributed by atoms with Crippen LogP contribution < -0.4 is 15.5 Å². The van der Waals surface area contributed by atoms with Gasteiger partial charge in [0.15, 0.2) is 0 Å². The third-order valence-electron chi connectivity index (χ3n) is 5.34. The molecular weight excluding hydrogens is 360 g/mol. The van der Waals surface area contributed by atoms with Crippen LogP contribution in [0.1, 0.15) is 34.3 Å². The molecule has 0 unspecified atom stereocenters. The van der Waals surface area contributed by atoms with Crippen molar-refractivity contribution >= 4 is 23.1 Å². The van der Waals surface area contributed by atoms with E-state index in [1.165, 1.54) is 29.7 Å². The summed E-state index contributed by atoms with van der Waals surface area (Å²) in [5.41, 5.74) is 5.03. The second kappa shape index (κ2) is 8.78. The standard InChI is InChI=1S/C24H26N4O/c1-18-6-2-3-7-20(18)17-26-23-16-19(12-13-25-23)24(29)27-21-8-10-22(11-9-21)28-14-4-5-15-28/h2-3,6-13,16H,4-5,14-15,17H2,1H3,(H,25,26)(H,27,29). The van der Waals surface area contributed by atoms with Gasteiger partial charge in [-0.1, -0.05) is 24.3 Å². The molecule has 2 N–H and O–H groups in total. The van der Waals surface area contributed by atoms with Gasteiger partial charge in [0, 0.05) is 42.8 Å². The van der Waals surface area contributed by atoms with Gasteiger partial charge in [-0.3, -0.25) is 4.79 Å². The van der Waals surface area contributed by atoms with Gasteiger partial charge in [0.2, 0.25) is 0 Å². The second-order valence-electron chi connectivity index (χ2n) is 7.40. The van der Waals surface area contributed by atoms with E-state index in [2.05, 4.69) is 51.7 Å². The van der Waals surface area contributed by atoms with E-state index < -0.39 is 0 Å². The fourth-order valence-corrected chi connectivity index (χ4v) is 3.60. The molecule has 1 aliphatic heterocycles. The molecule has 4 rings (SSSR count). The summed E-state index contributed by atoms with van der Waals surface area (Å²) >= 11 is 0. The van der Waals surface area contributed by atoms with Crippen LogP contribution in [0.5, 0.6) is 0 Å². The lowest BCUT2D eigenvalue weighted by Crippen LogP contribution is -2.17. The van der Waals surface area contributed by atoms with Gasteiger partial charge in [-0.05, 0) is 67.3 Å². The monoisotopic (exact) mass is 386 g/mol. The Kier molecular flexibility index (Phi) is 5.75. The number of aryl methyl sites for hydroxylation is 1. The van der Waals surface area contributed by atoms with Gasteiger partial charge in [0.05, 0.1) is 0 Å². The van der Waals surface area contributed by atoms with E-state index in [0.717, 1.165) is 18.8 Å². The van der Waals surface area contributed by atoms with Crippen LogP contribution in [-0.4, -0.2) is 24.0 Å². The number of benzene rings is 2. The zero-order chi connectivity index (χ0) is 20.1. The van der Waals surface area contributed by atoms with Crippen molar-refractivity contribution in [3.8, 4) is 0 Å². The number of pyridine rings is 1. The number of carbonyl (C=O) groups excluding carboxylic acids is 1. The van der Waals surface area contributed by atoms with E-state index in [9.17, 15) is 4.79 Å². The van der Waals surface area contributed by atoms with Crippen molar-refractivity contribution in [1.29, 1.82) is 0 Å². The summed E-state index contributed by atoms with van der Waals surface area (Å²) in [4.78, 5) is 19.4. The summed E-state index contributed by atoms with van der Waals surface area (Å²) in [7, 11) is 0. The highest BCUT2D eigenvalue weighted by Crippen LogP contribution is 2.22. The first-order valence-electron chi connectivity index (χ1n) is 10.1. The summed E-state index contributed by atoms with van der Waals surface area (Å²) in [6, 6.07) is 19.8. The maximum atomic E-state index is 12.7. The van der Waals surface area contributed by atoms with Crippen molar-refractivity contribution < 1.29 is 4.79 Å². The van der Waals surface area contributed by atoms with Gasteiger partial charge in [0.25, 0.3) is 5.91 Å². The fraction of sp³-hybridized carbons (Fsp3) is 0.250. The molecule has 1 fully saturated rings. The molecule has 0 saturated carbocycles. The summed E-state index contributed by atoms with van der Waals surface area (Å²) in [5, 5.41) is 6.28. The highest BCUT2D eigenvalue weighted by molar-refractivity contribution is 6.04. The summed E-state index contributed by atoms with van der Waals surface area (Å²) < 4.78 is 0. The van der Waals surface area contributed by atoms with E-state index in [1.54, 1.807) is 18.3 Å². The SMILES string of the molecule is Cc1ccccc1CNc1cc(C(=O)Nc2ccc(N3CCCC3)cc2)ccn1. The number of carbonyl (C=O) groups is 1. The molecule has 5 heteroatoms. The third kappa shape index (κ3) is 4.74. The van der Waals surface area contributed by atoms with Crippen LogP contribution in [0.4, 0.5) is 17.2 Å². The first kappa shape index (κ1) is 19.0. The number of aromatic nitrogens is 1. The van der Waals surface area contributed by atoms with Crippen molar-refractivity contribution in [2.45, 2.75) is 26.3 Å². The Morgan fingerprint density at radius 1 is 1.03 bits per heavy atom. The predicted octanol–water partition coefficient (Wildman–Crippen LogP) is 4.85. The molecule has 3 aromatic rings. The molecule has 0 aliphatic carbocycles. The topological polar surface area (TPSA) is 57.3 Å². The largest absolute Gasteiger partial charge is 0.372 e. The molecule has 0 radical (unpaired) electrons. The van der Waals surface area contributed by atoms with E-state index in [-0.39, 0.29) is 5.91 Å². The maximum Gasteiger partial charge on any atom is 0.255 e. The Morgan fingerprint density at radius 2 is 1.79 bits per heavy atom. The normalized spacial score (nSPS) is 13.3. The Morgan fingerprint density at radius 3 is 2.55 bits per heavy atom. The average molecular weight is 386 g/mol. The number of nitrogens with zero attached hydrogens (tertiary/aromatic N) is 2. The lowest BCUT2D eigenvalue weighted by molar-refractivity contribution is 0.102. The fourth-order valence-electron chi connectivity index (χ4n) is 3.60. The molecule has 1 amide bonds. The average Bonchev–Trinajstić information content (AvgIpc) is 3.29. The van der Waals surface area contributed by atoms with Gasteiger partial charge < -0.3 is 15.5 Å². The van der Waals surface area contributed by atoms with Gasteiger partial charge in [0.1, 0.15) is 5.82 Å².